The predicted molar refractivity (Wildman–Crippen MR) is 123 cm³/mol. The lowest BCUT2D eigenvalue weighted by molar-refractivity contribution is -0.308. The Bertz CT molecular complexity index is 935. The van der Waals surface area contributed by atoms with E-state index in [2.05, 4.69) is 0 Å². The Hall–Kier alpha value is -2.58. The van der Waals surface area contributed by atoms with E-state index in [0.29, 0.717) is 13.2 Å². The molecule has 0 aliphatic carbocycles. The number of aliphatic hydroxyl groups is 2. The zero-order chi connectivity index (χ0) is 22.9. The lowest BCUT2D eigenvalue weighted by atomic mass is 9.98. The highest BCUT2D eigenvalue weighted by Gasteiger charge is 2.46. The van der Waals surface area contributed by atoms with Crippen LogP contribution >= 0.6 is 0 Å². The zero-order valence-corrected chi connectivity index (χ0v) is 18.4. The molecule has 1 heterocycles. The van der Waals surface area contributed by atoms with E-state index in [-0.39, 0.29) is 13.2 Å². The maximum absolute atomic E-state index is 11.1. The highest BCUT2D eigenvalue weighted by molar-refractivity contribution is 5.15. The first-order chi connectivity index (χ1) is 16.2. The van der Waals surface area contributed by atoms with E-state index in [4.69, 9.17) is 18.9 Å². The molecule has 0 bridgehead atoms. The molecule has 1 unspecified atom stereocenters. The predicted octanol–water partition coefficient (Wildman–Crippen LogP) is 3.45. The van der Waals surface area contributed by atoms with Crippen molar-refractivity contribution in [3.63, 3.8) is 0 Å². The first-order valence-electron chi connectivity index (χ1n) is 11.1. The van der Waals surface area contributed by atoms with Crippen molar-refractivity contribution in [2.75, 3.05) is 6.61 Å². The van der Waals surface area contributed by atoms with Gasteiger partial charge in [0, 0.05) is 0 Å². The summed E-state index contributed by atoms with van der Waals surface area (Å²) in [7, 11) is 0. The van der Waals surface area contributed by atoms with Crippen LogP contribution in [-0.2, 0) is 38.8 Å². The molecule has 1 saturated heterocycles. The topological polar surface area (TPSA) is 77.4 Å². The molecule has 6 heteroatoms. The van der Waals surface area contributed by atoms with Crippen LogP contribution in [-0.4, -0.2) is 47.5 Å². The van der Waals surface area contributed by atoms with Crippen molar-refractivity contribution in [3.8, 4) is 0 Å². The Morgan fingerprint density at radius 1 is 0.606 bits per heavy atom. The summed E-state index contributed by atoms with van der Waals surface area (Å²) in [6.45, 7) is 1.09. The molecule has 3 aromatic carbocycles. The van der Waals surface area contributed by atoms with Gasteiger partial charge >= 0.3 is 0 Å². The van der Waals surface area contributed by atoms with E-state index in [1.54, 1.807) is 0 Å². The molecule has 0 amide bonds. The number of benzene rings is 3. The van der Waals surface area contributed by atoms with Crippen molar-refractivity contribution >= 4 is 0 Å². The largest absolute Gasteiger partial charge is 0.387 e. The Kier molecular flexibility index (Phi) is 8.60. The second kappa shape index (κ2) is 12.0. The van der Waals surface area contributed by atoms with Gasteiger partial charge in [0.05, 0.1) is 26.4 Å². The normalized spacial score (nSPS) is 25.1. The van der Waals surface area contributed by atoms with E-state index < -0.39 is 30.7 Å². The maximum atomic E-state index is 11.1. The minimum absolute atomic E-state index is 0.161. The third kappa shape index (κ3) is 6.71. The molecule has 0 saturated carbocycles. The standard InChI is InChI=1S/C27H30O6/c28-24-25(31-17-21-12-6-2-7-13-21)23(19-30-16-20-10-4-1-5-11-20)33-27(29)26(24)32-18-22-14-8-3-9-15-22/h1-15,23-29H,16-19H2/t23-,24+,25-,26-,27?/m1/s1. The fourth-order valence-corrected chi connectivity index (χ4v) is 3.83. The van der Waals surface area contributed by atoms with Gasteiger partial charge in [-0.15, -0.1) is 0 Å². The molecule has 1 aliphatic heterocycles. The molecule has 2 N–H and O–H groups in total. The number of aliphatic hydroxyl groups excluding tert-OH is 2. The average molecular weight is 451 g/mol. The summed E-state index contributed by atoms with van der Waals surface area (Å²) in [5.41, 5.74) is 2.94. The third-order valence-corrected chi connectivity index (χ3v) is 5.60. The van der Waals surface area contributed by atoms with E-state index in [0.717, 1.165) is 16.7 Å². The zero-order valence-electron chi connectivity index (χ0n) is 18.4. The molecule has 6 nitrogen and oxygen atoms in total. The fraction of sp³-hybridized carbons (Fsp3) is 0.333. The van der Waals surface area contributed by atoms with Gasteiger partial charge in [-0.2, -0.15) is 0 Å². The molecule has 174 valence electrons. The Balaban J connectivity index is 1.41. The van der Waals surface area contributed by atoms with Crippen molar-refractivity contribution in [2.24, 2.45) is 0 Å². The molecule has 0 aromatic heterocycles. The van der Waals surface area contributed by atoms with Gasteiger partial charge in [-0.05, 0) is 16.7 Å². The van der Waals surface area contributed by atoms with Crippen LogP contribution in [0.1, 0.15) is 16.7 Å². The van der Waals surface area contributed by atoms with E-state index in [1.165, 1.54) is 0 Å². The lowest BCUT2D eigenvalue weighted by Crippen LogP contribution is -2.60. The van der Waals surface area contributed by atoms with Gasteiger partial charge in [-0.3, -0.25) is 0 Å². The molecule has 3 aromatic rings. The lowest BCUT2D eigenvalue weighted by Gasteiger charge is -2.42. The number of hydrogen-bond acceptors (Lipinski definition) is 6. The minimum atomic E-state index is -1.30. The molecule has 1 aliphatic rings. The molecule has 0 spiro atoms. The number of rotatable bonds is 10. The SMILES string of the molecule is OC1O[C@H](COCc2ccccc2)[C@@H](OCc2ccccc2)[C@H](O)[C@H]1OCc1ccccc1. The fourth-order valence-electron chi connectivity index (χ4n) is 3.83. The van der Waals surface area contributed by atoms with E-state index in [9.17, 15) is 10.2 Å². The molecule has 5 atom stereocenters. The van der Waals surface area contributed by atoms with Gasteiger partial charge in [0.25, 0.3) is 0 Å². The number of ether oxygens (including phenoxy) is 4. The van der Waals surface area contributed by atoms with Gasteiger partial charge in [0.2, 0.25) is 0 Å². The van der Waals surface area contributed by atoms with Crippen LogP contribution in [0, 0.1) is 0 Å². The Morgan fingerprint density at radius 3 is 1.58 bits per heavy atom. The highest BCUT2D eigenvalue weighted by Crippen LogP contribution is 2.27. The quantitative estimate of drug-likeness (QED) is 0.493. The Morgan fingerprint density at radius 2 is 1.06 bits per heavy atom. The first kappa shape index (κ1) is 23.6. The molecule has 33 heavy (non-hydrogen) atoms. The van der Waals surface area contributed by atoms with Crippen LogP contribution in [0.15, 0.2) is 91.0 Å². The van der Waals surface area contributed by atoms with Gasteiger partial charge in [0.15, 0.2) is 6.29 Å². The van der Waals surface area contributed by atoms with Crippen LogP contribution in [0.4, 0.5) is 0 Å². The Labute approximate surface area is 194 Å². The van der Waals surface area contributed by atoms with E-state index >= 15 is 0 Å². The number of hydrogen-bond donors (Lipinski definition) is 2. The van der Waals surface area contributed by atoms with E-state index in [1.807, 2.05) is 91.0 Å². The van der Waals surface area contributed by atoms with Crippen molar-refractivity contribution in [3.05, 3.63) is 108 Å². The van der Waals surface area contributed by atoms with Crippen LogP contribution in [0.3, 0.4) is 0 Å². The third-order valence-electron chi connectivity index (χ3n) is 5.60. The first-order valence-corrected chi connectivity index (χ1v) is 11.1. The summed E-state index contributed by atoms with van der Waals surface area (Å²) in [5, 5.41) is 21.7. The molecule has 4 rings (SSSR count). The maximum Gasteiger partial charge on any atom is 0.184 e. The minimum Gasteiger partial charge on any atom is -0.387 e. The monoisotopic (exact) mass is 450 g/mol. The molecule has 1 fully saturated rings. The second-order valence-corrected chi connectivity index (χ2v) is 8.08. The second-order valence-electron chi connectivity index (χ2n) is 8.08. The van der Waals surface area contributed by atoms with Gasteiger partial charge in [-0.1, -0.05) is 91.0 Å². The van der Waals surface area contributed by atoms with Crippen molar-refractivity contribution in [1.82, 2.24) is 0 Å². The molecular weight excluding hydrogens is 420 g/mol. The van der Waals surface area contributed by atoms with Crippen molar-refractivity contribution < 1.29 is 29.2 Å². The van der Waals surface area contributed by atoms with Crippen molar-refractivity contribution in [2.45, 2.75) is 50.5 Å². The summed E-state index contributed by atoms with van der Waals surface area (Å²) in [5.74, 6) is 0. The van der Waals surface area contributed by atoms with Gasteiger partial charge in [-0.25, -0.2) is 0 Å². The van der Waals surface area contributed by atoms with Crippen molar-refractivity contribution in [1.29, 1.82) is 0 Å². The summed E-state index contributed by atoms with van der Waals surface area (Å²) in [6.07, 6.45) is -4.72. The van der Waals surface area contributed by atoms with Gasteiger partial charge in [0.1, 0.15) is 24.4 Å². The van der Waals surface area contributed by atoms with Gasteiger partial charge < -0.3 is 29.2 Å². The molecular formula is C27H30O6. The molecule has 0 radical (unpaired) electrons. The smallest absolute Gasteiger partial charge is 0.184 e. The van der Waals surface area contributed by atoms with Crippen LogP contribution in [0.25, 0.3) is 0 Å². The summed E-state index contributed by atoms with van der Waals surface area (Å²) in [4.78, 5) is 0. The van der Waals surface area contributed by atoms with Crippen LogP contribution in [0.5, 0.6) is 0 Å². The van der Waals surface area contributed by atoms with Crippen LogP contribution in [0.2, 0.25) is 0 Å². The summed E-state index contributed by atoms with van der Waals surface area (Å²) >= 11 is 0. The summed E-state index contributed by atoms with van der Waals surface area (Å²) in [6, 6.07) is 29.1. The average Bonchev–Trinajstić information content (AvgIpc) is 2.85. The highest BCUT2D eigenvalue weighted by atomic mass is 16.7. The van der Waals surface area contributed by atoms with Crippen LogP contribution < -0.4 is 0 Å². The summed E-state index contributed by atoms with van der Waals surface area (Å²) < 4.78 is 23.6.